The number of aromatic hydroxyl groups is 1. The van der Waals surface area contributed by atoms with Gasteiger partial charge < -0.3 is 42.6 Å². The molecule has 5 unspecified atom stereocenters. The Balaban J connectivity index is 2.28. The van der Waals surface area contributed by atoms with Gasteiger partial charge in [0.2, 0.25) is 17.7 Å². The van der Waals surface area contributed by atoms with Gasteiger partial charge in [0.25, 0.3) is 0 Å². The molecule has 1 heterocycles. The third kappa shape index (κ3) is 10.3. The number of nitrogens with two attached hydrogens (primary N) is 2. The largest absolute Gasteiger partial charge is 0.508 e. The highest BCUT2D eigenvalue weighted by Crippen LogP contribution is 2.13. The van der Waals surface area contributed by atoms with Crippen LogP contribution in [0.15, 0.2) is 36.8 Å². The lowest BCUT2D eigenvalue weighted by molar-refractivity contribution is -0.142. The predicted molar refractivity (Wildman–Crippen MR) is 148 cm³/mol. The fourth-order valence-corrected chi connectivity index (χ4v) is 3.98. The molecule has 13 nitrogen and oxygen atoms in total. The Hall–Kier alpha value is -3.97. The number of rotatable bonds is 17. The first-order valence-electron chi connectivity index (χ1n) is 13.4. The van der Waals surface area contributed by atoms with Crippen molar-refractivity contribution in [2.75, 3.05) is 6.54 Å². The lowest BCUT2D eigenvalue weighted by atomic mass is 9.98. The van der Waals surface area contributed by atoms with Crippen LogP contribution in [-0.4, -0.2) is 74.6 Å². The van der Waals surface area contributed by atoms with Gasteiger partial charge in [0.1, 0.15) is 23.9 Å². The second-order valence-electron chi connectivity index (χ2n) is 9.87. The Labute approximate surface area is 233 Å². The van der Waals surface area contributed by atoms with E-state index in [2.05, 4.69) is 25.9 Å². The minimum absolute atomic E-state index is 0.00407. The molecule has 2 aromatic rings. The summed E-state index contributed by atoms with van der Waals surface area (Å²) in [5.74, 6) is -3.18. The first kappa shape index (κ1) is 32.2. The third-order valence-electron chi connectivity index (χ3n) is 6.74. The Kier molecular flexibility index (Phi) is 13.1. The van der Waals surface area contributed by atoms with Gasteiger partial charge in [-0.3, -0.25) is 14.4 Å². The number of phenols is 1. The van der Waals surface area contributed by atoms with E-state index in [-0.39, 0.29) is 30.9 Å². The van der Waals surface area contributed by atoms with Gasteiger partial charge >= 0.3 is 5.97 Å². The molecule has 0 aliphatic rings. The fraction of sp³-hybridized carbons (Fsp3) is 0.519. The van der Waals surface area contributed by atoms with Gasteiger partial charge in [0, 0.05) is 24.7 Å². The molecule has 10 N–H and O–H groups in total. The number of H-pyrrole nitrogens is 1. The lowest BCUT2D eigenvalue weighted by Crippen LogP contribution is -2.58. The van der Waals surface area contributed by atoms with Gasteiger partial charge in [-0.05, 0) is 49.4 Å². The zero-order valence-electron chi connectivity index (χ0n) is 22.9. The van der Waals surface area contributed by atoms with E-state index in [9.17, 15) is 29.4 Å². The number of aliphatic carboxylic acids is 1. The third-order valence-corrected chi connectivity index (χ3v) is 6.74. The van der Waals surface area contributed by atoms with E-state index in [1.165, 1.54) is 24.7 Å². The van der Waals surface area contributed by atoms with Gasteiger partial charge in [-0.15, -0.1) is 0 Å². The highest BCUT2D eigenvalue weighted by molar-refractivity contribution is 5.94. The molecule has 0 aliphatic carbocycles. The molecule has 0 saturated heterocycles. The van der Waals surface area contributed by atoms with Crippen LogP contribution in [0.4, 0.5) is 0 Å². The summed E-state index contributed by atoms with van der Waals surface area (Å²) in [5.41, 5.74) is 12.8. The number of carbonyl (C=O) groups excluding carboxylic acids is 3. The number of nitrogens with zero attached hydrogens (tertiary/aromatic N) is 1. The molecular weight excluding hydrogens is 518 g/mol. The number of amides is 3. The van der Waals surface area contributed by atoms with Crippen LogP contribution in [-0.2, 0) is 32.0 Å². The smallest absolute Gasteiger partial charge is 0.326 e. The molecule has 220 valence electrons. The maximum absolute atomic E-state index is 13.5. The van der Waals surface area contributed by atoms with E-state index < -0.39 is 47.9 Å². The van der Waals surface area contributed by atoms with Crippen molar-refractivity contribution in [2.24, 2.45) is 17.4 Å². The molecule has 3 amide bonds. The standard InChI is InChI=1S/C27H41N7O6/c1-3-16(2)23(29)26(38)34-22(13-18-14-30-15-31-18)25(37)33-21(12-17-7-9-19(35)10-8-17)24(36)32-20(27(39)40)6-4-5-11-28/h7-10,14-16,20-23,35H,3-6,11-13,28-29H2,1-2H3,(H,30,31)(H,32,36)(H,33,37)(H,34,38)(H,39,40). The summed E-state index contributed by atoms with van der Waals surface area (Å²) in [6.07, 6.45) is 4.94. The van der Waals surface area contributed by atoms with E-state index >= 15 is 0 Å². The molecule has 1 aromatic carbocycles. The second-order valence-corrected chi connectivity index (χ2v) is 9.87. The monoisotopic (exact) mass is 559 g/mol. The molecule has 0 fully saturated rings. The Morgan fingerprint density at radius 3 is 2.10 bits per heavy atom. The molecule has 2 rings (SSSR count). The maximum atomic E-state index is 13.5. The van der Waals surface area contributed by atoms with Crippen molar-refractivity contribution in [3.8, 4) is 5.75 Å². The van der Waals surface area contributed by atoms with Crippen LogP contribution >= 0.6 is 0 Å². The first-order chi connectivity index (χ1) is 19.0. The number of carboxylic acid groups (broad SMARTS) is 1. The zero-order valence-corrected chi connectivity index (χ0v) is 22.9. The highest BCUT2D eigenvalue weighted by atomic mass is 16.4. The minimum atomic E-state index is -1.21. The quantitative estimate of drug-likeness (QED) is 0.121. The molecule has 0 saturated carbocycles. The van der Waals surface area contributed by atoms with E-state index in [1.54, 1.807) is 12.1 Å². The summed E-state index contributed by atoms with van der Waals surface area (Å²) in [5, 5.41) is 27.1. The van der Waals surface area contributed by atoms with Crippen molar-refractivity contribution in [3.05, 3.63) is 48.0 Å². The van der Waals surface area contributed by atoms with E-state index in [1.807, 2.05) is 13.8 Å². The number of imidazole rings is 1. The Morgan fingerprint density at radius 2 is 1.55 bits per heavy atom. The number of hydrogen-bond donors (Lipinski definition) is 8. The average molecular weight is 560 g/mol. The van der Waals surface area contributed by atoms with Crippen LogP contribution in [0, 0.1) is 5.92 Å². The van der Waals surface area contributed by atoms with Crippen molar-refractivity contribution in [1.29, 1.82) is 0 Å². The lowest BCUT2D eigenvalue weighted by Gasteiger charge is -2.26. The van der Waals surface area contributed by atoms with Crippen LogP contribution < -0.4 is 27.4 Å². The molecule has 40 heavy (non-hydrogen) atoms. The molecule has 0 bridgehead atoms. The summed E-state index contributed by atoms with van der Waals surface area (Å²) in [4.78, 5) is 58.3. The van der Waals surface area contributed by atoms with Crippen molar-refractivity contribution in [2.45, 2.75) is 76.5 Å². The van der Waals surface area contributed by atoms with Crippen molar-refractivity contribution in [3.63, 3.8) is 0 Å². The summed E-state index contributed by atoms with van der Waals surface area (Å²) in [6.45, 7) is 4.13. The minimum Gasteiger partial charge on any atom is -0.508 e. The average Bonchev–Trinajstić information content (AvgIpc) is 3.45. The number of nitrogens with one attached hydrogen (secondary N) is 4. The number of phenolic OH excluding ortho intramolecular Hbond substituents is 1. The summed E-state index contributed by atoms with van der Waals surface area (Å²) < 4.78 is 0. The van der Waals surface area contributed by atoms with E-state index in [0.29, 0.717) is 37.1 Å². The van der Waals surface area contributed by atoms with Crippen molar-refractivity contribution in [1.82, 2.24) is 25.9 Å². The maximum Gasteiger partial charge on any atom is 0.326 e. The van der Waals surface area contributed by atoms with E-state index in [4.69, 9.17) is 11.5 Å². The fourth-order valence-electron chi connectivity index (χ4n) is 3.98. The number of hydrogen-bond acceptors (Lipinski definition) is 8. The molecule has 0 spiro atoms. The zero-order chi connectivity index (χ0) is 29.7. The van der Waals surface area contributed by atoms with Gasteiger partial charge in [-0.1, -0.05) is 32.4 Å². The summed E-state index contributed by atoms with van der Waals surface area (Å²) in [6, 6.07) is 1.76. The van der Waals surface area contributed by atoms with Gasteiger partial charge in [-0.2, -0.15) is 0 Å². The Morgan fingerprint density at radius 1 is 0.950 bits per heavy atom. The van der Waals surface area contributed by atoms with E-state index in [0.717, 1.165) is 0 Å². The number of carbonyl (C=O) groups is 4. The van der Waals surface area contributed by atoms with Crippen LogP contribution in [0.25, 0.3) is 0 Å². The molecular formula is C27H41N7O6. The number of aromatic amines is 1. The van der Waals surface area contributed by atoms with Crippen LogP contribution in [0.1, 0.15) is 50.8 Å². The van der Waals surface area contributed by atoms with Gasteiger partial charge in [0.15, 0.2) is 0 Å². The van der Waals surface area contributed by atoms with Crippen LogP contribution in [0.5, 0.6) is 5.75 Å². The topological polar surface area (TPSA) is 226 Å². The number of unbranched alkanes of at least 4 members (excludes halogenated alkanes) is 1. The van der Waals surface area contributed by atoms with Crippen molar-refractivity contribution >= 4 is 23.7 Å². The predicted octanol–water partition coefficient (Wildman–Crippen LogP) is -0.0581. The van der Waals surface area contributed by atoms with Crippen LogP contribution in [0.3, 0.4) is 0 Å². The Bertz CT molecular complexity index is 1090. The number of carboxylic acids is 1. The normalized spacial score (nSPS) is 14.8. The molecule has 5 atom stereocenters. The van der Waals surface area contributed by atoms with Crippen molar-refractivity contribution < 1.29 is 29.4 Å². The SMILES string of the molecule is CCC(C)C(N)C(=O)NC(Cc1cnc[nH]1)C(=O)NC(Cc1ccc(O)cc1)C(=O)NC(CCCCN)C(=O)O. The summed E-state index contributed by atoms with van der Waals surface area (Å²) >= 11 is 0. The first-order valence-corrected chi connectivity index (χ1v) is 13.4. The molecule has 0 radical (unpaired) electrons. The molecule has 0 aliphatic heterocycles. The number of aromatic nitrogens is 2. The summed E-state index contributed by atoms with van der Waals surface area (Å²) in [7, 11) is 0. The number of benzene rings is 1. The second kappa shape index (κ2) is 16.2. The molecule has 1 aromatic heterocycles. The van der Waals surface area contributed by atoms with Gasteiger partial charge in [0.05, 0.1) is 12.4 Å². The molecule has 13 heteroatoms. The highest BCUT2D eigenvalue weighted by Gasteiger charge is 2.31. The van der Waals surface area contributed by atoms with Gasteiger partial charge in [-0.25, -0.2) is 9.78 Å². The van der Waals surface area contributed by atoms with Crippen LogP contribution in [0.2, 0.25) is 0 Å².